The van der Waals surface area contributed by atoms with E-state index >= 15 is 0 Å². The number of carbonyl (C=O) groups excluding carboxylic acids is 1. The van der Waals surface area contributed by atoms with Crippen molar-refractivity contribution >= 4 is 39.6 Å². The predicted octanol–water partition coefficient (Wildman–Crippen LogP) is 4.33. The molecule has 0 aliphatic carbocycles. The topological polar surface area (TPSA) is 70.0 Å². The van der Waals surface area contributed by atoms with Crippen LogP contribution in [0.3, 0.4) is 0 Å². The van der Waals surface area contributed by atoms with Crippen molar-refractivity contribution in [1.82, 2.24) is 5.01 Å². The van der Waals surface area contributed by atoms with Crippen molar-refractivity contribution in [2.24, 2.45) is 5.10 Å². The molecule has 138 valence electrons. The first-order chi connectivity index (χ1) is 13.0. The van der Waals surface area contributed by atoms with Gasteiger partial charge < -0.3 is 5.11 Å². The second kappa shape index (κ2) is 8.77. The zero-order chi connectivity index (χ0) is 19.2. The van der Waals surface area contributed by atoms with E-state index in [0.717, 1.165) is 21.3 Å². The fourth-order valence-corrected chi connectivity index (χ4v) is 3.12. The van der Waals surface area contributed by atoms with Crippen molar-refractivity contribution < 1.29 is 14.7 Å². The van der Waals surface area contributed by atoms with Crippen LogP contribution in [0.4, 0.5) is 0 Å². The molecule has 1 aliphatic rings. The van der Waals surface area contributed by atoms with E-state index in [2.05, 4.69) is 21.0 Å². The molecule has 0 bridgehead atoms. The maximum absolute atomic E-state index is 12.5. The summed E-state index contributed by atoms with van der Waals surface area (Å²) in [7, 11) is 0. The van der Waals surface area contributed by atoms with Crippen LogP contribution in [0.5, 0.6) is 0 Å². The Labute approximate surface area is 166 Å². The monoisotopic (exact) mass is 426 g/mol. The number of halogens is 1. The number of hydrogen-bond donors (Lipinski definition) is 1. The van der Waals surface area contributed by atoms with Gasteiger partial charge >= 0.3 is 5.97 Å². The van der Waals surface area contributed by atoms with Crippen LogP contribution in [-0.4, -0.2) is 33.7 Å². The summed E-state index contributed by atoms with van der Waals surface area (Å²) in [6.45, 7) is 0. The molecule has 3 rings (SSSR count). The van der Waals surface area contributed by atoms with Crippen molar-refractivity contribution in [3.63, 3.8) is 0 Å². The van der Waals surface area contributed by atoms with E-state index in [0.29, 0.717) is 6.42 Å². The molecule has 0 saturated carbocycles. The van der Waals surface area contributed by atoms with Crippen LogP contribution in [0, 0.1) is 0 Å². The van der Waals surface area contributed by atoms with Gasteiger partial charge in [-0.15, -0.1) is 0 Å². The Morgan fingerprint density at radius 3 is 2.48 bits per heavy atom. The number of carbonyl (C=O) groups is 2. The highest BCUT2D eigenvalue weighted by Gasteiger charge is 2.30. The van der Waals surface area contributed by atoms with Crippen LogP contribution < -0.4 is 0 Å². The molecular formula is C21H19BrN2O3. The summed E-state index contributed by atoms with van der Waals surface area (Å²) in [5.41, 5.74) is 2.80. The number of nitrogens with zero attached hydrogens (tertiary/aromatic N) is 2. The zero-order valence-electron chi connectivity index (χ0n) is 14.6. The van der Waals surface area contributed by atoms with E-state index in [4.69, 9.17) is 5.11 Å². The second-order valence-corrected chi connectivity index (χ2v) is 7.14. The molecule has 0 spiro atoms. The number of benzene rings is 2. The van der Waals surface area contributed by atoms with Gasteiger partial charge in [-0.25, -0.2) is 5.01 Å². The minimum absolute atomic E-state index is 0.0673. The molecule has 0 radical (unpaired) electrons. The van der Waals surface area contributed by atoms with Gasteiger partial charge in [0.25, 0.3) is 0 Å². The van der Waals surface area contributed by atoms with Crippen molar-refractivity contribution in [1.29, 1.82) is 0 Å². The molecule has 0 saturated heterocycles. The quantitative estimate of drug-likeness (QED) is 0.746. The van der Waals surface area contributed by atoms with E-state index in [1.807, 2.05) is 66.7 Å². The molecule has 1 heterocycles. The molecule has 0 aromatic heterocycles. The van der Waals surface area contributed by atoms with Gasteiger partial charge in [0.1, 0.15) is 0 Å². The molecular weight excluding hydrogens is 408 g/mol. The standard InChI is InChI=1S/C21H19BrN2O3/c22-17-9-7-16(8-10-17)19-14-18(11-6-15-4-2-1-3-5-15)24(23-19)20(25)12-13-21(26)27/h1-11,18H,12-14H2,(H,26,27). The maximum Gasteiger partial charge on any atom is 0.303 e. The molecule has 0 fully saturated rings. The highest BCUT2D eigenvalue weighted by atomic mass is 79.9. The Morgan fingerprint density at radius 2 is 1.81 bits per heavy atom. The fourth-order valence-electron chi connectivity index (χ4n) is 2.85. The van der Waals surface area contributed by atoms with Crippen molar-refractivity contribution in [3.8, 4) is 0 Å². The Hall–Kier alpha value is -2.73. The van der Waals surface area contributed by atoms with Crippen LogP contribution in [-0.2, 0) is 9.59 Å². The lowest BCUT2D eigenvalue weighted by Crippen LogP contribution is -2.31. The number of hydrogen-bond acceptors (Lipinski definition) is 3. The summed E-state index contributed by atoms with van der Waals surface area (Å²) >= 11 is 3.41. The third-order valence-electron chi connectivity index (χ3n) is 4.24. The average molecular weight is 427 g/mol. The van der Waals surface area contributed by atoms with Crippen molar-refractivity contribution in [2.75, 3.05) is 0 Å². The van der Waals surface area contributed by atoms with Crippen LogP contribution in [0.2, 0.25) is 0 Å². The van der Waals surface area contributed by atoms with Crippen molar-refractivity contribution in [3.05, 3.63) is 76.3 Å². The Morgan fingerprint density at radius 1 is 1.11 bits per heavy atom. The first-order valence-electron chi connectivity index (χ1n) is 8.63. The number of amides is 1. The molecule has 1 amide bonds. The smallest absolute Gasteiger partial charge is 0.303 e. The maximum atomic E-state index is 12.5. The molecule has 5 nitrogen and oxygen atoms in total. The van der Waals surface area contributed by atoms with E-state index in [-0.39, 0.29) is 24.8 Å². The number of hydrazone groups is 1. The lowest BCUT2D eigenvalue weighted by atomic mass is 10.0. The fraction of sp³-hybridized carbons (Fsp3) is 0.190. The highest BCUT2D eigenvalue weighted by Crippen LogP contribution is 2.24. The SMILES string of the molecule is O=C(O)CCC(=O)N1N=C(c2ccc(Br)cc2)CC1C=Cc1ccccc1. The normalized spacial score (nSPS) is 16.6. The summed E-state index contributed by atoms with van der Waals surface area (Å²) in [4.78, 5) is 23.3. The molecule has 1 aliphatic heterocycles. The minimum atomic E-state index is -0.990. The second-order valence-electron chi connectivity index (χ2n) is 6.23. The van der Waals surface area contributed by atoms with E-state index in [1.165, 1.54) is 5.01 Å². The first kappa shape index (κ1) is 19.0. The lowest BCUT2D eigenvalue weighted by molar-refractivity contribution is -0.141. The molecule has 2 aromatic carbocycles. The van der Waals surface area contributed by atoms with Gasteiger partial charge in [0.05, 0.1) is 18.2 Å². The Kier molecular flexibility index (Phi) is 6.19. The predicted molar refractivity (Wildman–Crippen MR) is 108 cm³/mol. The summed E-state index contributed by atoms with van der Waals surface area (Å²) in [5.74, 6) is -1.27. The largest absolute Gasteiger partial charge is 0.481 e. The Balaban J connectivity index is 1.82. The van der Waals surface area contributed by atoms with Gasteiger partial charge in [-0.1, -0.05) is 70.5 Å². The van der Waals surface area contributed by atoms with E-state index in [9.17, 15) is 9.59 Å². The minimum Gasteiger partial charge on any atom is -0.481 e. The summed E-state index contributed by atoms with van der Waals surface area (Å²) in [5, 5.41) is 14.8. The van der Waals surface area contributed by atoms with Gasteiger partial charge in [0.2, 0.25) is 5.91 Å². The molecule has 2 aromatic rings. The zero-order valence-corrected chi connectivity index (χ0v) is 16.2. The van der Waals surface area contributed by atoms with Gasteiger partial charge in [-0.3, -0.25) is 9.59 Å². The van der Waals surface area contributed by atoms with Crippen LogP contribution in [0.25, 0.3) is 6.08 Å². The highest BCUT2D eigenvalue weighted by molar-refractivity contribution is 9.10. The molecule has 1 unspecified atom stereocenters. The van der Waals surface area contributed by atoms with Gasteiger partial charge in [-0.2, -0.15) is 5.10 Å². The third-order valence-corrected chi connectivity index (χ3v) is 4.77. The Bertz CT molecular complexity index is 876. The van der Waals surface area contributed by atoms with Gasteiger partial charge in [-0.05, 0) is 23.3 Å². The number of carboxylic acids is 1. The van der Waals surface area contributed by atoms with Gasteiger partial charge in [0.15, 0.2) is 0 Å². The number of rotatable bonds is 6. The van der Waals surface area contributed by atoms with E-state index < -0.39 is 5.97 Å². The van der Waals surface area contributed by atoms with Crippen LogP contribution in [0.1, 0.15) is 30.4 Å². The van der Waals surface area contributed by atoms with Crippen LogP contribution >= 0.6 is 15.9 Å². The average Bonchev–Trinajstić information content (AvgIpc) is 3.10. The van der Waals surface area contributed by atoms with E-state index in [1.54, 1.807) is 0 Å². The van der Waals surface area contributed by atoms with Crippen molar-refractivity contribution in [2.45, 2.75) is 25.3 Å². The third kappa shape index (κ3) is 5.14. The van der Waals surface area contributed by atoms with Crippen LogP contribution in [0.15, 0.2) is 70.2 Å². The molecule has 27 heavy (non-hydrogen) atoms. The number of aliphatic carboxylic acids is 1. The number of carboxylic acid groups (broad SMARTS) is 1. The molecule has 1 N–H and O–H groups in total. The molecule has 6 heteroatoms. The first-order valence-corrected chi connectivity index (χ1v) is 9.43. The molecule has 1 atom stereocenters. The lowest BCUT2D eigenvalue weighted by Gasteiger charge is -2.18. The van der Waals surface area contributed by atoms with Gasteiger partial charge in [0, 0.05) is 17.3 Å². The summed E-state index contributed by atoms with van der Waals surface area (Å²) in [6, 6.07) is 17.4. The summed E-state index contributed by atoms with van der Waals surface area (Å²) in [6.07, 6.45) is 4.23. The summed E-state index contributed by atoms with van der Waals surface area (Å²) < 4.78 is 0.972.